The minimum absolute atomic E-state index is 0.0951. The summed E-state index contributed by atoms with van der Waals surface area (Å²) in [5.41, 5.74) is 3.01. The van der Waals surface area contributed by atoms with Gasteiger partial charge >= 0.3 is 6.01 Å². The summed E-state index contributed by atoms with van der Waals surface area (Å²) >= 11 is 3.60. The maximum atomic E-state index is 6.11. The Bertz CT molecular complexity index is 951. The molecule has 1 aromatic carbocycles. The van der Waals surface area contributed by atoms with E-state index in [1.165, 1.54) is 0 Å². The molecule has 0 amide bonds. The molecule has 0 spiro atoms. The number of nitrogens with one attached hydrogen (secondary N) is 2. The summed E-state index contributed by atoms with van der Waals surface area (Å²) < 4.78 is 8.93. The fourth-order valence-electron chi connectivity index (χ4n) is 3.34. The largest absolute Gasteiger partial charge is 0.459 e. The SMILES string of the molecule is CC(C)c1cnn2c(NCc3ccccc3Br)nc(O[C@@H]3CCCNC3)nc12. The Balaban J connectivity index is 1.65. The van der Waals surface area contributed by atoms with Crippen LogP contribution in [-0.2, 0) is 6.54 Å². The molecule has 1 atom stereocenters. The van der Waals surface area contributed by atoms with E-state index in [9.17, 15) is 0 Å². The minimum atomic E-state index is 0.0951. The first-order valence-corrected chi connectivity index (χ1v) is 10.5. The number of benzene rings is 1. The molecule has 0 radical (unpaired) electrons. The molecule has 7 nitrogen and oxygen atoms in total. The van der Waals surface area contributed by atoms with Crippen LogP contribution in [0.5, 0.6) is 6.01 Å². The zero-order valence-corrected chi connectivity index (χ0v) is 17.7. The average Bonchev–Trinajstić information content (AvgIpc) is 3.12. The summed E-state index contributed by atoms with van der Waals surface area (Å²) in [6.45, 7) is 6.76. The summed E-state index contributed by atoms with van der Waals surface area (Å²) in [7, 11) is 0. The van der Waals surface area contributed by atoms with E-state index in [4.69, 9.17) is 4.74 Å². The van der Waals surface area contributed by atoms with Crippen molar-refractivity contribution in [1.29, 1.82) is 0 Å². The van der Waals surface area contributed by atoms with E-state index in [0.717, 1.165) is 47.2 Å². The van der Waals surface area contributed by atoms with E-state index >= 15 is 0 Å². The number of hydrogen-bond donors (Lipinski definition) is 2. The van der Waals surface area contributed by atoms with Crippen molar-refractivity contribution in [3.05, 3.63) is 46.1 Å². The molecule has 1 fully saturated rings. The van der Waals surface area contributed by atoms with Crippen LogP contribution in [0.4, 0.5) is 5.95 Å². The van der Waals surface area contributed by atoms with Crippen molar-refractivity contribution in [2.24, 2.45) is 0 Å². The van der Waals surface area contributed by atoms with E-state index in [2.05, 4.69) is 61.5 Å². The summed E-state index contributed by atoms with van der Waals surface area (Å²) in [4.78, 5) is 9.30. The van der Waals surface area contributed by atoms with Gasteiger partial charge in [-0.2, -0.15) is 19.6 Å². The molecule has 3 heterocycles. The standard InChI is InChI=1S/C20H25BrN6O/c1-13(2)16-12-24-27-18(16)25-20(28-15-7-5-9-22-11-15)26-19(27)23-10-14-6-3-4-8-17(14)21/h3-4,6,8,12-13,15,22H,5,7,9-11H2,1-2H3,(H,23,25,26)/t15-/m1/s1. The van der Waals surface area contributed by atoms with E-state index in [0.29, 0.717) is 24.4 Å². The van der Waals surface area contributed by atoms with Crippen molar-refractivity contribution in [2.75, 3.05) is 18.4 Å². The lowest BCUT2D eigenvalue weighted by atomic mass is 10.1. The molecule has 0 aliphatic carbocycles. The van der Waals surface area contributed by atoms with Crippen LogP contribution in [0.15, 0.2) is 34.9 Å². The Morgan fingerprint density at radius 1 is 1.32 bits per heavy atom. The minimum Gasteiger partial charge on any atom is -0.459 e. The first-order valence-electron chi connectivity index (χ1n) is 9.72. The summed E-state index contributed by atoms with van der Waals surface area (Å²) in [6.07, 6.45) is 4.07. The van der Waals surface area contributed by atoms with Gasteiger partial charge in [-0.15, -0.1) is 0 Å². The Labute approximate surface area is 173 Å². The second kappa shape index (κ2) is 8.45. The molecule has 0 bridgehead atoms. The number of piperidine rings is 1. The molecule has 148 valence electrons. The fraction of sp³-hybridized carbons (Fsp3) is 0.450. The van der Waals surface area contributed by atoms with E-state index in [-0.39, 0.29) is 6.10 Å². The summed E-state index contributed by atoms with van der Waals surface area (Å²) in [5, 5.41) is 11.3. The molecule has 8 heteroatoms. The second-order valence-electron chi connectivity index (χ2n) is 7.35. The van der Waals surface area contributed by atoms with Crippen molar-refractivity contribution >= 4 is 27.5 Å². The monoisotopic (exact) mass is 444 g/mol. The molecule has 2 aromatic heterocycles. The van der Waals surface area contributed by atoms with Crippen LogP contribution >= 0.6 is 15.9 Å². The third-order valence-electron chi connectivity index (χ3n) is 4.92. The predicted octanol–water partition coefficient (Wildman–Crippen LogP) is 3.75. The number of aromatic nitrogens is 4. The van der Waals surface area contributed by atoms with Crippen molar-refractivity contribution in [2.45, 2.75) is 45.3 Å². The van der Waals surface area contributed by atoms with Crippen LogP contribution in [0.1, 0.15) is 43.7 Å². The second-order valence-corrected chi connectivity index (χ2v) is 8.21. The average molecular weight is 445 g/mol. The molecule has 2 N–H and O–H groups in total. The van der Waals surface area contributed by atoms with E-state index < -0.39 is 0 Å². The van der Waals surface area contributed by atoms with Crippen LogP contribution in [0.2, 0.25) is 0 Å². The maximum absolute atomic E-state index is 6.11. The number of nitrogens with zero attached hydrogens (tertiary/aromatic N) is 4. The van der Waals surface area contributed by atoms with Gasteiger partial charge in [0.15, 0.2) is 5.65 Å². The van der Waals surface area contributed by atoms with Gasteiger partial charge in [0.05, 0.1) is 6.20 Å². The number of anilines is 1. The number of halogens is 1. The molecular weight excluding hydrogens is 420 g/mol. The number of hydrogen-bond acceptors (Lipinski definition) is 6. The molecule has 1 aliphatic rings. The zero-order chi connectivity index (χ0) is 19.5. The van der Waals surface area contributed by atoms with Crippen LogP contribution in [0.3, 0.4) is 0 Å². The Morgan fingerprint density at radius 3 is 2.93 bits per heavy atom. The van der Waals surface area contributed by atoms with Crippen molar-refractivity contribution in [3.63, 3.8) is 0 Å². The fourth-order valence-corrected chi connectivity index (χ4v) is 3.76. The van der Waals surface area contributed by atoms with Gasteiger partial charge in [0.1, 0.15) is 6.10 Å². The third kappa shape index (κ3) is 4.12. The van der Waals surface area contributed by atoms with Crippen molar-refractivity contribution in [3.8, 4) is 6.01 Å². The van der Waals surface area contributed by atoms with Crippen LogP contribution in [0.25, 0.3) is 5.65 Å². The summed E-state index contributed by atoms with van der Waals surface area (Å²) in [5.74, 6) is 0.944. The first-order chi connectivity index (χ1) is 13.6. The van der Waals surface area contributed by atoms with Crippen LogP contribution in [0, 0.1) is 0 Å². The Kier molecular flexibility index (Phi) is 5.77. The lowest BCUT2D eigenvalue weighted by molar-refractivity contribution is 0.153. The molecule has 28 heavy (non-hydrogen) atoms. The Morgan fingerprint density at radius 2 is 2.18 bits per heavy atom. The normalized spacial score (nSPS) is 17.2. The zero-order valence-electron chi connectivity index (χ0n) is 16.2. The van der Waals surface area contributed by atoms with E-state index in [1.54, 1.807) is 4.52 Å². The number of ether oxygens (including phenoxy) is 1. The van der Waals surface area contributed by atoms with Gasteiger partial charge < -0.3 is 15.4 Å². The van der Waals surface area contributed by atoms with Gasteiger partial charge in [0, 0.05) is 23.1 Å². The van der Waals surface area contributed by atoms with Gasteiger partial charge in [0.25, 0.3) is 0 Å². The van der Waals surface area contributed by atoms with Crippen LogP contribution in [-0.4, -0.2) is 38.8 Å². The molecule has 0 unspecified atom stereocenters. The van der Waals surface area contributed by atoms with E-state index in [1.807, 2.05) is 24.4 Å². The topological polar surface area (TPSA) is 76.4 Å². The van der Waals surface area contributed by atoms with Crippen molar-refractivity contribution < 1.29 is 4.74 Å². The highest BCUT2D eigenvalue weighted by atomic mass is 79.9. The highest BCUT2D eigenvalue weighted by molar-refractivity contribution is 9.10. The van der Waals surface area contributed by atoms with Gasteiger partial charge in [-0.3, -0.25) is 0 Å². The van der Waals surface area contributed by atoms with Gasteiger partial charge in [0.2, 0.25) is 5.95 Å². The van der Waals surface area contributed by atoms with Gasteiger partial charge in [-0.25, -0.2) is 0 Å². The quantitative estimate of drug-likeness (QED) is 0.602. The molecule has 1 saturated heterocycles. The lowest BCUT2D eigenvalue weighted by Gasteiger charge is -2.23. The molecule has 4 rings (SSSR count). The molecule has 0 saturated carbocycles. The molecule has 3 aromatic rings. The van der Waals surface area contributed by atoms with Gasteiger partial charge in [-0.1, -0.05) is 48.0 Å². The predicted molar refractivity (Wildman–Crippen MR) is 113 cm³/mol. The Hall–Kier alpha value is -2.19. The third-order valence-corrected chi connectivity index (χ3v) is 5.69. The number of rotatable bonds is 6. The summed E-state index contributed by atoms with van der Waals surface area (Å²) in [6, 6.07) is 8.53. The lowest BCUT2D eigenvalue weighted by Crippen LogP contribution is -2.37. The first kappa shape index (κ1) is 19.1. The van der Waals surface area contributed by atoms with Gasteiger partial charge in [-0.05, 0) is 36.9 Å². The number of fused-ring (bicyclic) bond motifs is 1. The molecule has 1 aliphatic heterocycles. The van der Waals surface area contributed by atoms with Crippen LogP contribution < -0.4 is 15.4 Å². The molecular formula is C20H25BrN6O. The highest BCUT2D eigenvalue weighted by Gasteiger charge is 2.20. The maximum Gasteiger partial charge on any atom is 0.322 e. The smallest absolute Gasteiger partial charge is 0.322 e. The van der Waals surface area contributed by atoms with Crippen molar-refractivity contribution in [1.82, 2.24) is 24.9 Å². The highest BCUT2D eigenvalue weighted by Crippen LogP contribution is 2.24.